The van der Waals surface area contributed by atoms with E-state index in [2.05, 4.69) is 11.9 Å². The third-order valence-electron chi connectivity index (χ3n) is 3.92. The number of carbonyl (C=O) groups excluding carboxylic acids is 1. The number of H-pyrrole nitrogens is 1. The molecule has 3 rings (SSSR count). The Labute approximate surface area is 124 Å². The zero-order valence-corrected chi connectivity index (χ0v) is 12.5. The fourth-order valence-corrected chi connectivity index (χ4v) is 2.78. The third kappa shape index (κ3) is 2.81. The number of aromatic amines is 1. The molecule has 0 radical (unpaired) electrons. The minimum atomic E-state index is -0.306. The summed E-state index contributed by atoms with van der Waals surface area (Å²) in [6.45, 7) is 4.77. The monoisotopic (exact) mass is 287 g/mol. The first-order valence-electron chi connectivity index (χ1n) is 7.62. The van der Waals surface area contributed by atoms with Crippen LogP contribution in [0.2, 0.25) is 0 Å². The minimum Gasteiger partial charge on any atom is -0.494 e. The number of Topliss-reactive ketones (excluding diaryl/α,β-unsaturated/α-hetero) is 1. The van der Waals surface area contributed by atoms with Crippen molar-refractivity contribution in [3.63, 3.8) is 0 Å². The van der Waals surface area contributed by atoms with Crippen LogP contribution in [0.1, 0.15) is 43.5 Å². The zero-order valence-electron chi connectivity index (χ0n) is 12.5. The third-order valence-corrected chi connectivity index (χ3v) is 3.92. The molecule has 1 N–H and O–H groups in total. The van der Waals surface area contributed by atoms with Gasteiger partial charge < -0.3 is 14.5 Å². The molecule has 0 spiro atoms. The number of rotatable bonds is 5. The van der Waals surface area contributed by atoms with Crippen molar-refractivity contribution in [2.45, 2.75) is 45.3 Å². The number of nitrogens with one attached hydrogen (secondary N) is 1. The van der Waals surface area contributed by atoms with Gasteiger partial charge in [-0.3, -0.25) is 4.79 Å². The molecule has 0 bridgehead atoms. The average Bonchev–Trinajstić information content (AvgIpc) is 3.10. The summed E-state index contributed by atoms with van der Waals surface area (Å²) in [4.78, 5) is 15.8. The van der Waals surface area contributed by atoms with Crippen molar-refractivity contribution >= 4 is 16.7 Å². The molecule has 112 valence electrons. The van der Waals surface area contributed by atoms with Crippen LogP contribution in [-0.4, -0.2) is 29.6 Å². The van der Waals surface area contributed by atoms with Crippen molar-refractivity contribution in [1.82, 2.24) is 4.98 Å². The quantitative estimate of drug-likeness (QED) is 0.853. The summed E-state index contributed by atoms with van der Waals surface area (Å²) < 4.78 is 11.3. The van der Waals surface area contributed by atoms with Gasteiger partial charge in [-0.25, -0.2) is 0 Å². The average molecular weight is 287 g/mol. The van der Waals surface area contributed by atoms with E-state index in [-0.39, 0.29) is 18.0 Å². The van der Waals surface area contributed by atoms with Gasteiger partial charge in [-0.15, -0.1) is 0 Å². The molecule has 1 aliphatic rings. The molecule has 2 atom stereocenters. The van der Waals surface area contributed by atoms with Gasteiger partial charge in [0.2, 0.25) is 0 Å². The molecule has 21 heavy (non-hydrogen) atoms. The van der Waals surface area contributed by atoms with Gasteiger partial charge in [-0.05, 0) is 44.4 Å². The largest absolute Gasteiger partial charge is 0.494 e. The number of benzene rings is 1. The van der Waals surface area contributed by atoms with E-state index in [1.165, 1.54) is 0 Å². The Kier molecular flexibility index (Phi) is 3.97. The van der Waals surface area contributed by atoms with Gasteiger partial charge in [0.1, 0.15) is 11.9 Å². The van der Waals surface area contributed by atoms with E-state index < -0.39 is 0 Å². The fraction of sp³-hybridized carbons (Fsp3) is 0.471. The Morgan fingerprint density at radius 1 is 1.43 bits per heavy atom. The van der Waals surface area contributed by atoms with Gasteiger partial charge in [0.05, 0.1) is 12.7 Å². The van der Waals surface area contributed by atoms with Crippen LogP contribution in [0.5, 0.6) is 5.75 Å². The van der Waals surface area contributed by atoms with Crippen LogP contribution < -0.4 is 4.74 Å². The molecule has 2 unspecified atom stereocenters. The van der Waals surface area contributed by atoms with Crippen LogP contribution in [-0.2, 0) is 4.74 Å². The lowest BCUT2D eigenvalue weighted by molar-refractivity contribution is 0.0435. The molecule has 2 heterocycles. The van der Waals surface area contributed by atoms with Crippen molar-refractivity contribution in [3.05, 3.63) is 30.0 Å². The van der Waals surface area contributed by atoms with Gasteiger partial charge in [-0.2, -0.15) is 0 Å². The standard InChI is InChI=1S/C17H21NO3/c1-3-8-20-12-5-6-15-13(9-12)14(10-18-15)17(19)16-7-4-11(2)21-16/h5-6,9-11,16,18H,3-4,7-8H2,1-2H3. The number of ether oxygens (including phenoxy) is 2. The maximum absolute atomic E-state index is 12.6. The fourth-order valence-electron chi connectivity index (χ4n) is 2.78. The second-order valence-corrected chi connectivity index (χ2v) is 5.64. The van der Waals surface area contributed by atoms with Crippen molar-refractivity contribution in [2.24, 2.45) is 0 Å². The number of ketones is 1. The molecule has 2 aromatic rings. The molecule has 1 saturated heterocycles. The minimum absolute atomic E-state index is 0.0678. The molecular formula is C17H21NO3. The Hall–Kier alpha value is -1.81. The SMILES string of the molecule is CCCOc1ccc2[nH]cc(C(=O)C3CCC(C)O3)c2c1. The maximum atomic E-state index is 12.6. The smallest absolute Gasteiger partial charge is 0.193 e. The van der Waals surface area contributed by atoms with E-state index in [4.69, 9.17) is 9.47 Å². The van der Waals surface area contributed by atoms with Crippen LogP contribution in [0.3, 0.4) is 0 Å². The predicted octanol–water partition coefficient (Wildman–Crippen LogP) is 3.71. The summed E-state index contributed by atoms with van der Waals surface area (Å²) in [6.07, 6.45) is 4.36. The summed E-state index contributed by atoms with van der Waals surface area (Å²) in [6, 6.07) is 5.82. The summed E-state index contributed by atoms with van der Waals surface area (Å²) in [5.74, 6) is 0.872. The highest BCUT2D eigenvalue weighted by Gasteiger charge is 2.30. The lowest BCUT2D eigenvalue weighted by atomic mass is 10.0. The van der Waals surface area contributed by atoms with E-state index in [9.17, 15) is 4.79 Å². The highest BCUT2D eigenvalue weighted by molar-refractivity contribution is 6.10. The molecule has 1 aliphatic heterocycles. The van der Waals surface area contributed by atoms with Gasteiger partial charge in [0.15, 0.2) is 5.78 Å². The van der Waals surface area contributed by atoms with Crippen LogP contribution in [0.15, 0.2) is 24.4 Å². The molecule has 1 aromatic heterocycles. The molecule has 4 heteroatoms. The van der Waals surface area contributed by atoms with E-state index in [1.807, 2.05) is 25.1 Å². The van der Waals surface area contributed by atoms with Gasteiger partial charge in [0, 0.05) is 22.7 Å². The number of fused-ring (bicyclic) bond motifs is 1. The lowest BCUT2D eigenvalue weighted by Crippen LogP contribution is -2.20. The van der Waals surface area contributed by atoms with Crippen molar-refractivity contribution in [2.75, 3.05) is 6.61 Å². The molecule has 1 aromatic carbocycles. The van der Waals surface area contributed by atoms with E-state index in [0.717, 1.165) is 35.9 Å². The number of hydrogen-bond donors (Lipinski definition) is 1. The van der Waals surface area contributed by atoms with E-state index in [1.54, 1.807) is 6.20 Å². The molecular weight excluding hydrogens is 266 g/mol. The normalized spacial score (nSPS) is 21.8. The highest BCUT2D eigenvalue weighted by Crippen LogP contribution is 2.28. The molecule has 0 amide bonds. The van der Waals surface area contributed by atoms with Gasteiger partial charge >= 0.3 is 0 Å². The van der Waals surface area contributed by atoms with E-state index >= 15 is 0 Å². The summed E-state index contributed by atoms with van der Waals surface area (Å²) >= 11 is 0. The van der Waals surface area contributed by atoms with Crippen LogP contribution >= 0.6 is 0 Å². The highest BCUT2D eigenvalue weighted by atomic mass is 16.5. The van der Waals surface area contributed by atoms with Crippen molar-refractivity contribution in [3.8, 4) is 5.75 Å². The summed E-state index contributed by atoms with van der Waals surface area (Å²) in [5.41, 5.74) is 1.65. The molecule has 4 nitrogen and oxygen atoms in total. The molecule has 0 saturated carbocycles. The zero-order chi connectivity index (χ0) is 14.8. The predicted molar refractivity (Wildman–Crippen MR) is 82.0 cm³/mol. The maximum Gasteiger partial charge on any atom is 0.193 e. The first-order valence-corrected chi connectivity index (χ1v) is 7.62. The number of carbonyl (C=O) groups is 1. The molecule has 1 fully saturated rings. The lowest BCUT2D eigenvalue weighted by Gasteiger charge is -2.09. The van der Waals surface area contributed by atoms with Crippen LogP contribution in [0, 0.1) is 0 Å². The van der Waals surface area contributed by atoms with Crippen molar-refractivity contribution in [1.29, 1.82) is 0 Å². The molecule has 0 aliphatic carbocycles. The van der Waals surface area contributed by atoms with Crippen LogP contribution in [0.4, 0.5) is 0 Å². The Morgan fingerprint density at radius 3 is 3.00 bits per heavy atom. The Balaban J connectivity index is 1.89. The Bertz CT molecular complexity index is 647. The summed E-state index contributed by atoms with van der Waals surface area (Å²) in [7, 11) is 0. The van der Waals surface area contributed by atoms with Crippen LogP contribution in [0.25, 0.3) is 10.9 Å². The Morgan fingerprint density at radius 2 is 2.29 bits per heavy atom. The second kappa shape index (κ2) is 5.90. The van der Waals surface area contributed by atoms with Gasteiger partial charge in [-0.1, -0.05) is 6.92 Å². The topological polar surface area (TPSA) is 51.3 Å². The van der Waals surface area contributed by atoms with Gasteiger partial charge in [0.25, 0.3) is 0 Å². The first kappa shape index (κ1) is 14.1. The number of aromatic nitrogens is 1. The summed E-state index contributed by atoms with van der Waals surface area (Å²) in [5, 5.41) is 0.914. The number of hydrogen-bond acceptors (Lipinski definition) is 3. The van der Waals surface area contributed by atoms with E-state index in [0.29, 0.717) is 12.2 Å². The van der Waals surface area contributed by atoms with Crippen molar-refractivity contribution < 1.29 is 14.3 Å². The first-order chi connectivity index (χ1) is 10.2. The second-order valence-electron chi connectivity index (χ2n) is 5.64.